The van der Waals surface area contributed by atoms with E-state index in [0.717, 1.165) is 0 Å². The van der Waals surface area contributed by atoms with E-state index in [1.165, 1.54) is 12.1 Å². The minimum Gasteiger partial charge on any atom is -0.508 e. The lowest BCUT2D eigenvalue weighted by molar-refractivity contribution is -0.138. The molecule has 1 aromatic rings. The Kier molecular flexibility index (Phi) is 2.76. The van der Waals surface area contributed by atoms with Gasteiger partial charge in [0.05, 0.1) is 6.42 Å². The van der Waals surface area contributed by atoms with Crippen LogP contribution in [0.3, 0.4) is 0 Å². The second-order valence-electron chi connectivity index (χ2n) is 3.54. The Bertz CT molecular complexity index is 347. The molecule has 0 aromatic heterocycles. The van der Waals surface area contributed by atoms with Crippen LogP contribution in [-0.2, 0) is 10.3 Å². The van der Waals surface area contributed by atoms with Gasteiger partial charge in [-0.25, -0.2) is 0 Å². The first-order valence-corrected chi connectivity index (χ1v) is 4.22. The molecule has 0 saturated carbocycles. The number of hydrogen-bond donors (Lipinski definition) is 3. The summed E-state index contributed by atoms with van der Waals surface area (Å²) in [5.41, 5.74) is 5.47. The van der Waals surface area contributed by atoms with Crippen molar-refractivity contribution in [1.82, 2.24) is 0 Å². The first-order valence-electron chi connectivity index (χ1n) is 4.22. The van der Waals surface area contributed by atoms with Crippen LogP contribution >= 0.6 is 0 Å². The van der Waals surface area contributed by atoms with Crippen molar-refractivity contribution in [3.05, 3.63) is 29.8 Å². The number of benzene rings is 1. The number of hydrogen-bond acceptors (Lipinski definition) is 3. The average Bonchev–Trinajstić information content (AvgIpc) is 2.01. The molecule has 14 heavy (non-hydrogen) atoms. The highest BCUT2D eigenvalue weighted by Crippen LogP contribution is 2.24. The molecule has 1 aromatic carbocycles. The number of aliphatic carboxylic acids is 1. The molecular formula is C10H13NO3. The van der Waals surface area contributed by atoms with E-state index in [-0.39, 0.29) is 12.2 Å². The van der Waals surface area contributed by atoms with Crippen molar-refractivity contribution in [1.29, 1.82) is 0 Å². The van der Waals surface area contributed by atoms with Gasteiger partial charge in [0.1, 0.15) is 5.75 Å². The molecule has 1 rings (SSSR count). The van der Waals surface area contributed by atoms with Crippen LogP contribution in [0.25, 0.3) is 0 Å². The standard InChI is InChI=1S/C10H13NO3/c1-10(11,6-9(13)14)7-3-2-4-8(12)5-7/h2-5,12H,6,11H2,1H3,(H,13,14)/t10-/m0/s1. The van der Waals surface area contributed by atoms with Gasteiger partial charge in [-0.1, -0.05) is 12.1 Å². The summed E-state index contributed by atoms with van der Waals surface area (Å²) in [6.45, 7) is 1.62. The van der Waals surface area contributed by atoms with Gasteiger partial charge in [-0.05, 0) is 24.6 Å². The Hall–Kier alpha value is -1.55. The summed E-state index contributed by atoms with van der Waals surface area (Å²) < 4.78 is 0. The Morgan fingerprint density at radius 2 is 2.21 bits per heavy atom. The predicted molar refractivity (Wildman–Crippen MR) is 51.9 cm³/mol. The van der Waals surface area contributed by atoms with Crippen molar-refractivity contribution in [3.8, 4) is 5.75 Å². The molecule has 0 fully saturated rings. The van der Waals surface area contributed by atoms with E-state index in [0.29, 0.717) is 5.56 Å². The maximum Gasteiger partial charge on any atom is 0.305 e. The number of carbonyl (C=O) groups is 1. The molecule has 0 aliphatic rings. The molecule has 0 aliphatic heterocycles. The third kappa shape index (κ3) is 2.47. The van der Waals surface area contributed by atoms with Crippen LogP contribution < -0.4 is 5.73 Å². The minimum absolute atomic E-state index is 0.0876. The van der Waals surface area contributed by atoms with E-state index in [4.69, 9.17) is 10.8 Å². The molecule has 4 heteroatoms. The summed E-state index contributed by atoms with van der Waals surface area (Å²) in [6.07, 6.45) is -0.170. The van der Waals surface area contributed by atoms with E-state index >= 15 is 0 Å². The molecule has 0 saturated heterocycles. The topological polar surface area (TPSA) is 83.6 Å². The lowest BCUT2D eigenvalue weighted by Crippen LogP contribution is -2.35. The quantitative estimate of drug-likeness (QED) is 0.672. The van der Waals surface area contributed by atoms with E-state index in [1.54, 1.807) is 19.1 Å². The summed E-state index contributed by atoms with van der Waals surface area (Å²) in [6, 6.07) is 6.32. The van der Waals surface area contributed by atoms with E-state index in [2.05, 4.69) is 0 Å². The lowest BCUT2D eigenvalue weighted by Gasteiger charge is -2.23. The smallest absolute Gasteiger partial charge is 0.305 e. The number of rotatable bonds is 3. The zero-order valence-electron chi connectivity index (χ0n) is 7.90. The van der Waals surface area contributed by atoms with Crippen molar-refractivity contribution in [2.24, 2.45) is 5.73 Å². The van der Waals surface area contributed by atoms with Crippen LogP contribution in [0.2, 0.25) is 0 Å². The predicted octanol–water partition coefficient (Wildman–Crippen LogP) is 1.04. The number of aromatic hydroxyl groups is 1. The Morgan fingerprint density at radius 1 is 1.57 bits per heavy atom. The molecule has 4 nitrogen and oxygen atoms in total. The van der Waals surface area contributed by atoms with Crippen molar-refractivity contribution < 1.29 is 15.0 Å². The van der Waals surface area contributed by atoms with E-state index in [1.807, 2.05) is 0 Å². The van der Waals surface area contributed by atoms with Crippen molar-refractivity contribution >= 4 is 5.97 Å². The average molecular weight is 195 g/mol. The van der Waals surface area contributed by atoms with E-state index < -0.39 is 11.5 Å². The van der Waals surface area contributed by atoms with Crippen LogP contribution in [-0.4, -0.2) is 16.2 Å². The molecule has 0 aliphatic carbocycles. The minimum atomic E-state index is -0.960. The van der Waals surface area contributed by atoms with Gasteiger partial charge in [-0.3, -0.25) is 4.79 Å². The van der Waals surface area contributed by atoms with Gasteiger partial charge in [0, 0.05) is 5.54 Å². The Morgan fingerprint density at radius 3 is 2.71 bits per heavy atom. The second kappa shape index (κ2) is 3.67. The van der Waals surface area contributed by atoms with Crippen molar-refractivity contribution in [2.75, 3.05) is 0 Å². The highest BCUT2D eigenvalue weighted by Gasteiger charge is 2.24. The molecule has 0 bridgehead atoms. The Balaban J connectivity index is 2.97. The van der Waals surface area contributed by atoms with Gasteiger partial charge in [-0.2, -0.15) is 0 Å². The maximum atomic E-state index is 10.5. The van der Waals surface area contributed by atoms with Crippen molar-refractivity contribution in [2.45, 2.75) is 18.9 Å². The molecule has 76 valence electrons. The van der Waals surface area contributed by atoms with E-state index in [9.17, 15) is 9.90 Å². The van der Waals surface area contributed by atoms with Crippen LogP contribution in [0.1, 0.15) is 18.9 Å². The monoisotopic (exact) mass is 195 g/mol. The number of nitrogens with two attached hydrogens (primary N) is 1. The van der Waals surface area contributed by atoms with Gasteiger partial charge in [-0.15, -0.1) is 0 Å². The largest absolute Gasteiger partial charge is 0.508 e. The molecule has 0 heterocycles. The molecule has 0 amide bonds. The number of phenolic OH excluding ortho intramolecular Hbond substituents is 1. The molecule has 0 radical (unpaired) electrons. The van der Waals surface area contributed by atoms with Gasteiger partial charge in [0.2, 0.25) is 0 Å². The second-order valence-corrected chi connectivity index (χ2v) is 3.54. The molecule has 0 spiro atoms. The number of carboxylic acids is 1. The SMILES string of the molecule is C[C@](N)(CC(=O)O)c1cccc(O)c1. The fourth-order valence-electron chi connectivity index (χ4n) is 1.28. The van der Waals surface area contributed by atoms with Gasteiger partial charge < -0.3 is 15.9 Å². The molecular weight excluding hydrogens is 182 g/mol. The summed E-state index contributed by atoms with van der Waals surface area (Å²) in [4.78, 5) is 10.5. The normalized spacial score (nSPS) is 14.7. The van der Waals surface area contributed by atoms with Crippen LogP contribution in [0, 0.1) is 0 Å². The summed E-state index contributed by atoms with van der Waals surface area (Å²) in [5.74, 6) is -0.872. The molecule has 0 unspecified atom stereocenters. The van der Waals surface area contributed by atoms with Gasteiger partial charge in [0.25, 0.3) is 0 Å². The van der Waals surface area contributed by atoms with Gasteiger partial charge >= 0.3 is 5.97 Å². The third-order valence-corrected chi connectivity index (χ3v) is 2.02. The zero-order valence-corrected chi connectivity index (χ0v) is 7.90. The first kappa shape index (κ1) is 10.5. The van der Waals surface area contributed by atoms with Crippen LogP contribution in [0.15, 0.2) is 24.3 Å². The van der Waals surface area contributed by atoms with Gasteiger partial charge in [0.15, 0.2) is 0 Å². The third-order valence-electron chi connectivity index (χ3n) is 2.02. The summed E-state index contributed by atoms with van der Waals surface area (Å²) in [7, 11) is 0. The fraction of sp³-hybridized carbons (Fsp3) is 0.300. The first-order chi connectivity index (χ1) is 6.42. The highest BCUT2D eigenvalue weighted by atomic mass is 16.4. The maximum absolute atomic E-state index is 10.5. The summed E-state index contributed by atoms with van der Waals surface area (Å²) >= 11 is 0. The van der Waals surface area contributed by atoms with Crippen molar-refractivity contribution in [3.63, 3.8) is 0 Å². The highest BCUT2D eigenvalue weighted by molar-refractivity contribution is 5.68. The van der Waals surface area contributed by atoms with Crippen LogP contribution in [0.5, 0.6) is 5.75 Å². The molecule has 1 atom stereocenters. The zero-order chi connectivity index (χ0) is 10.8. The fourth-order valence-corrected chi connectivity index (χ4v) is 1.28. The molecule has 4 N–H and O–H groups in total. The summed E-state index contributed by atoms with van der Waals surface area (Å²) in [5, 5.41) is 17.8. The number of carboxylic acid groups (broad SMARTS) is 1. The lowest BCUT2D eigenvalue weighted by atomic mass is 9.90. The number of phenols is 1. The van der Waals surface area contributed by atoms with Crippen LogP contribution in [0.4, 0.5) is 0 Å². The Labute approximate surface area is 82.0 Å².